The van der Waals surface area contributed by atoms with Crippen molar-refractivity contribution < 1.29 is 21.9 Å². The zero-order valence-corrected chi connectivity index (χ0v) is 22.4. The summed E-state index contributed by atoms with van der Waals surface area (Å²) >= 11 is 0. The molecule has 1 heterocycles. The van der Waals surface area contributed by atoms with Gasteiger partial charge in [0.15, 0.2) is 0 Å². The highest BCUT2D eigenvalue weighted by Gasteiger charge is 2.23. The lowest BCUT2D eigenvalue weighted by molar-refractivity contribution is 0.241. The van der Waals surface area contributed by atoms with Crippen LogP contribution in [-0.4, -0.2) is 50.7 Å². The fraction of sp³-hybridized carbons (Fsp3) is 0.400. The molecule has 0 radical (unpaired) electrons. The average Bonchev–Trinajstić information content (AvgIpc) is 3.38. The number of aliphatic hydroxyl groups excluding tert-OH is 1. The third kappa shape index (κ3) is 6.73. The summed E-state index contributed by atoms with van der Waals surface area (Å²) < 4.78 is 56.8. The van der Waals surface area contributed by atoms with Crippen molar-refractivity contribution in [2.75, 3.05) is 18.5 Å². The molecule has 0 aliphatic heterocycles. The van der Waals surface area contributed by atoms with Gasteiger partial charge in [-0.25, -0.2) is 26.5 Å². The van der Waals surface area contributed by atoms with Gasteiger partial charge in [0.25, 0.3) is 0 Å². The van der Waals surface area contributed by atoms with E-state index >= 15 is 0 Å². The number of sulfone groups is 1. The standard InChI is InChI=1S/C25H34N4O5S2/c1-4-19(2)24(17-30)28-21-7-10-22(11-8-21)35(31,32)23-9-6-20(3)25(16-23)36(33,34)27-12-5-14-29-15-13-26-18-29/h6-11,13,15-16,18-19,24,27-28,30H,4-5,12,14,17H2,1-3H3/t19-,24+/m0/s1. The van der Waals surface area contributed by atoms with E-state index in [2.05, 4.69) is 15.0 Å². The molecule has 0 aliphatic carbocycles. The minimum absolute atomic E-state index is 0.0345. The van der Waals surface area contributed by atoms with Gasteiger partial charge >= 0.3 is 0 Å². The summed E-state index contributed by atoms with van der Waals surface area (Å²) in [6.07, 6.45) is 6.56. The molecule has 3 aromatic rings. The second-order valence-electron chi connectivity index (χ2n) is 8.83. The number of sulfonamides is 1. The first-order chi connectivity index (χ1) is 17.1. The smallest absolute Gasteiger partial charge is 0.240 e. The van der Waals surface area contributed by atoms with Crippen molar-refractivity contribution in [3.05, 3.63) is 66.7 Å². The highest BCUT2D eigenvalue weighted by molar-refractivity contribution is 7.91. The van der Waals surface area contributed by atoms with Gasteiger partial charge in [-0.3, -0.25) is 0 Å². The molecule has 0 spiro atoms. The molecule has 0 bridgehead atoms. The Labute approximate surface area is 213 Å². The minimum Gasteiger partial charge on any atom is -0.394 e. The molecule has 196 valence electrons. The maximum absolute atomic E-state index is 13.3. The molecule has 0 aliphatic rings. The Morgan fingerprint density at radius 1 is 1.06 bits per heavy atom. The number of hydrogen-bond donors (Lipinski definition) is 3. The number of aliphatic hydroxyl groups is 1. The number of anilines is 1. The fourth-order valence-corrected chi connectivity index (χ4v) is 6.44. The van der Waals surface area contributed by atoms with Gasteiger partial charge in [0.05, 0.1) is 33.7 Å². The van der Waals surface area contributed by atoms with Gasteiger partial charge < -0.3 is 15.0 Å². The lowest BCUT2D eigenvalue weighted by Gasteiger charge is -2.23. The first kappa shape index (κ1) is 27.9. The molecule has 3 rings (SSSR count). The van der Waals surface area contributed by atoms with E-state index in [1.54, 1.807) is 37.8 Å². The predicted octanol–water partition coefficient (Wildman–Crippen LogP) is 3.21. The Morgan fingerprint density at radius 2 is 1.75 bits per heavy atom. The molecular formula is C25H34N4O5S2. The summed E-state index contributed by atoms with van der Waals surface area (Å²) in [4.78, 5) is 3.84. The van der Waals surface area contributed by atoms with Gasteiger partial charge in [0, 0.05) is 31.2 Å². The van der Waals surface area contributed by atoms with Crippen LogP contribution in [0.4, 0.5) is 5.69 Å². The molecule has 3 N–H and O–H groups in total. The van der Waals surface area contributed by atoms with Crippen molar-refractivity contribution in [2.45, 2.75) is 60.9 Å². The van der Waals surface area contributed by atoms with Crippen molar-refractivity contribution in [1.29, 1.82) is 0 Å². The number of aromatic nitrogens is 2. The first-order valence-electron chi connectivity index (χ1n) is 11.9. The number of benzene rings is 2. The molecule has 0 amide bonds. The summed E-state index contributed by atoms with van der Waals surface area (Å²) in [7, 11) is -7.85. The second-order valence-corrected chi connectivity index (χ2v) is 12.5. The highest BCUT2D eigenvalue weighted by atomic mass is 32.2. The average molecular weight is 535 g/mol. The fourth-order valence-electron chi connectivity index (χ4n) is 3.73. The van der Waals surface area contributed by atoms with Crippen LogP contribution < -0.4 is 10.0 Å². The van der Waals surface area contributed by atoms with E-state index in [1.807, 2.05) is 18.4 Å². The molecule has 36 heavy (non-hydrogen) atoms. The molecule has 2 atom stereocenters. The maximum Gasteiger partial charge on any atom is 0.240 e. The van der Waals surface area contributed by atoms with Crippen LogP contribution in [0.15, 0.2) is 75.9 Å². The van der Waals surface area contributed by atoms with Crippen LogP contribution in [0.5, 0.6) is 0 Å². The van der Waals surface area contributed by atoms with Gasteiger partial charge in [0.2, 0.25) is 19.9 Å². The quantitative estimate of drug-likeness (QED) is 0.287. The predicted molar refractivity (Wildman–Crippen MR) is 139 cm³/mol. The van der Waals surface area contributed by atoms with Crippen molar-refractivity contribution in [2.24, 2.45) is 5.92 Å². The number of aryl methyl sites for hydroxylation is 2. The van der Waals surface area contributed by atoms with Crippen molar-refractivity contribution in [3.63, 3.8) is 0 Å². The van der Waals surface area contributed by atoms with E-state index in [4.69, 9.17) is 0 Å². The molecule has 0 fully saturated rings. The van der Waals surface area contributed by atoms with Gasteiger partial charge in [-0.05, 0) is 61.2 Å². The molecular weight excluding hydrogens is 500 g/mol. The van der Waals surface area contributed by atoms with Crippen molar-refractivity contribution in [1.82, 2.24) is 14.3 Å². The maximum atomic E-state index is 13.3. The van der Waals surface area contributed by atoms with Crippen LogP contribution in [0, 0.1) is 12.8 Å². The van der Waals surface area contributed by atoms with Gasteiger partial charge in [-0.1, -0.05) is 26.3 Å². The molecule has 0 saturated carbocycles. The lowest BCUT2D eigenvalue weighted by Crippen LogP contribution is -2.30. The SMILES string of the molecule is CC[C@H](C)[C@@H](CO)Nc1ccc(S(=O)(=O)c2ccc(C)c(S(=O)(=O)NCCCn3ccnc3)c2)cc1. The van der Waals surface area contributed by atoms with Crippen LogP contribution in [0.1, 0.15) is 32.3 Å². The molecule has 0 unspecified atom stereocenters. The summed E-state index contributed by atoms with van der Waals surface area (Å²) in [5.74, 6) is 0.242. The van der Waals surface area contributed by atoms with Crippen LogP contribution in [0.2, 0.25) is 0 Å². The lowest BCUT2D eigenvalue weighted by atomic mass is 10.00. The molecule has 11 heteroatoms. The zero-order valence-electron chi connectivity index (χ0n) is 20.8. The Hall–Kier alpha value is -2.73. The normalized spacial score (nSPS) is 13.9. The summed E-state index contributed by atoms with van der Waals surface area (Å²) in [6.45, 7) is 6.48. The van der Waals surface area contributed by atoms with Crippen molar-refractivity contribution >= 4 is 25.5 Å². The molecule has 9 nitrogen and oxygen atoms in total. The van der Waals surface area contributed by atoms with Gasteiger partial charge in [-0.2, -0.15) is 0 Å². The third-order valence-electron chi connectivity index (χ3n) is 6.25. The first-order valence-corrected chi connectivity index (χ1v) is 14.8. The molecule has 1 aromatic heterocycles. The van der Waals surface area contributed by atoms with Crippen LogP contribution >= 0.6 is 0 Å². The van der Waals surface area contributed by atoms with Crippen LogP contribution in [0.25, 0.3) is 0 Å². The van der Waals surface area contributed by atoms with E-state index < -0.39 is 19.9 Å². The molecule has 2 aromatic carbocycles. The number of nitrogens with one attached hydrogen (secondary N) is 2. The minimum atomic E-state index is -3.94. The monoisotopic (exact) mass is 534 g/mol. The number of imidazole rings is 1. The van der Waals surface area contributed by atoms with E-state index in [-0.39, 0.29) is 39.8 Å². The highest BCUT2D eigenvalue weighted by Crippen LogP contribution is 2.27. The van der Waals surface area contributed by atoms with Crippen molar-refractivity contribution in [3.8, 4) is 0 Å². The molecule has 0 saturated heterocycles. The number of hydrogen-bond acceptors (Lipinski definition) is 7. The van der Waals surface area contributed by atoms with E-state index in [1.165, 1.54) is 30.3 Å². The topological polar surface area (TPSA) is 130 Å². The summed E-state index contributed by atoms with van der Waals surface area (Å²) in [6, 6.07) is 10.2. The Balaban J connectivity index is 1.76. The third-order valence-corrected chi connectivity index (χ3v) is 9.62. The number of rotatable bonds is 13. The second kappa shape index (κ2) is 12.0. The van der Waals surface area contributed by atoms with E-state index in [0.29, 0.717) is 24.2 Å². The largest absolute Gasteiger partial charge is 0.394 e. The number of nitrogens with zero attached hydrogens (tertiary/aromatic N) is 2. The summed E-state index contributed by atoms with van der Waals surface area (Å²) in [5, 5.41) is 12.9. The Bertz CT molecular complexity index is 1340. The Kier molecular flexibility index (Phi) is 9.29. The van der Waals surface area contributed by atoms with E-state index in [9.17, 15) is 21.9 Å². The summed E-state index contributed by atoms with van der Waals surface area (Å²) in [5.41, 5.74) is 1.15. The van der Waals surface area contributed by atoms with Gasteiger partial charge in [0.1, 0.15) is 0 Å². The van der Waals surface area contributed by atoms with E-state index in [0.717, 1.165) is 6.42 Å². The van der Waals surface area contributed by atoms with Crippen LogP contribution in [-0.2, 0) is 26.4 Å². The zero-order chi connectivity index (χ0) is 26.3. The van der Waals surface area contributed by atoms with Crippen LogP contribution in [0.3, 0.4) is 0 Å². The van der Waals surface area contributed by atoms with Gasteiger partial charge in [-0.15, -0.1) is 0 Å². The Morgan fingerprint density at radius 3 is 2.36 bits per heavy atom.